The molecular formula is C8H20N2O4S2. The van der Waals surface area contributed by atoms with Crippen molar-refractivity contribution in [3.63, 3.8) is 0 Å². The summed E-state index contributed by atoms with van der Waals surface area (Å²) in [6, 6.07) is -0.244. The molecular weight excluding hydrogens is 252 g/mol. The highest BCUT2D eigenvalue weighted by Gasteiger charge is 2.04. The zero-order valence-corrected chi connectivity index (χ0v) is 10.7. The van der Waals surface area contributed by atoms with Gasteiger partial charge in [-0.3, -0.25) is 10.5 Å². The molecule has 2 atom stereocenters. The fraction of sp³-hybridized carbons (Fsp3) is 1.00. The van der Waals surface area contributed by atoms with Crippen LogP contribution in [0.2, 0.25) is 0 Å². The standard InChI is InChI=1S/C8H20N2O4S2/c9-7(5-13-11)1-3-15-16-4-2-8(10)6-14-12/h7-8,11-12H,1-6,9-10H2. The van der Waals surface area contributed by atoms with Crippen LogP contribution in [0, 0.1) is 0 Å². The van der Waals surface area contributed by atoms with Gasteiger partial charge < -0.3 is 11.5 Å². The second-order valence-corrected chi connectivity index (χ2v) is 6.04. The Bertz CT molecular complexity index is 140. The van der Waals surface area contributed by atoms with E-state index in [1.807, 2.05) is 0 Å². The quantitative estimate of drug-likeness (QED) is 0.189. The van der Waals surface area contributed by atoms with Crippen LogP contribution in [0.4, 0.5) is 0 Å². The lowest BCUT2D eigenvalue weighted by atomic mass is 10.3. The van der Waals surface area contributed by atoms with E-state index in [0.29, 0.717) is 0 Å². The molecule has 0 fully saturated rings. The fourth-order valence-electron chi connectivity index (χ4n) is 0.875. The minimum absolute atomic E-state index is 0.122. The first kappa shape index (κ1) is 16.5. The maximum Gasteiger partial charge on any atom is 0.0970 e. The predicted octanol–water partition coefficient (Wildman–Crippen LogP) is 0.782. The maximum absolute atomic E-state index is 8.15. The predicted molar refractivity (Wildman–Crippen MR) is 67.3 cm³/mol. The van der Waals surface area contributed by atoms with E-state index < -0.39 is 0 Å². The molecule has 0 bridgehead atoms. The van der Waals surface area contributed by atoms with Crippen molar-refractivity contribution >= 4 is 21.6 Å². The van der Waals surface area contributed by atoms with Gasteiger partial charge in [-0.1, -0.05) is 21.6 Å². The first-order valence-corrected chi connectivity index (χ1v) is 7.47. The molecule has 0 rings (SSSR count). The van der Waals surface area contributed by atoms with Gasteiger partial charge in [0.25, 0.3) is 0 Å². The van der Waals surface area contributed by atoms with Crippen molar-refractivity contribution in [2.75, 3.05) is 24.7 Å². The molecule has 98 valence electrons. The zero-order chi connectivity index (χ0) is 12.2. The highest BCUT2D eigenvalue weighted by atomic mass is 33.1. The highest BCUT2D eigenvalue weighted by Crippen LogP contribution is 2.23. The molecule has 0 spiro atoms. The first-order valence-electron chi connectivity index (χ1n) is 4.99. The van der Waals surface area contributed by atoms with Gasteiger partial charge in [0, 0.05) is 23.6 Å². The summed E-state index contributed by atoms with van der Waals surface area (Å²) in [6.45, 7) is 0.341. The molecule has 0 heterocycles. The van der Waals surface area contributed by atoms with Gasteiger partial charge in [0.05, 0.1) is 13.2 Å². The first-order chi connectivity index (χ1) is 7.70. The van der Waals surface area contributed by atoms with E-state index in [2.05, 4.69) is 9.78 Å². The van der Waals surface area contributed by atoms with E-state index >= 15 is 0 Å². The molecule has 0 aliphatic rings. The number of rotatable bonds is 11. The van der Waals surface area contributed by atoms with Crippen molar-refractivity contribution in [2.45, 2.75) is 24.9 Å². The zero-order valence-electron chi connectivity index (χ0n) is 9.08. The van der Waals surface area contributed by atoms with Gasteiger partial charge in [-0.05, 0) is 12.8 Å². The van der Waals surface area contributed by atoms with Gasteiger partial charge in [-0.25, -0.2) is 9.78 Å². The number of hydrogen-bond acceptors (Lipinski definition) is 8. The maximum atomic E-state index is 8.15. The van der Waals surface area contributed by atoms with Crippen molar-refractivity contribution in [3.8, 4) is 0 Å². The minimum atomic E-state index is -0.122. The van der Waals surface area contributed by atoms with Crippen LogP contribution in [-0.2, 0) is 9.78 Å². The summed E-state index contributed by atoms with van der Waals surface area (Å²) >= 11 is 0. The van der Waals surface area contributed by atoms with Gasteiger partial charge in [-0.15, -0.1) is 0 Å². The average molecular weight is 272 g/mol. The summed E-state index contributed by atoms with van der Waals surface area (Å²) in [5, 5.41) is 16.3. The minimum Gasteiger partial charge on any atom is -0.326 e. The van der Waals surface area contributed by atoms with Crippen LogP contribution in [0.3, 0.4) is 0 Å². The van der Waals surface area contributed by atoms with Crippen molar-refractivity contribution in [1.29, 1.82) is 0 Å². The van der Waals surface area contributed by atoms with E-state index in [1.165, 1.54) is 0 Å². The lowest BCUT2D eigenvalue weighted by Crippen LogP contribution is -2.26. The fourth-order valence-corrected chi connectivity index (χ4v) is 3.19. The molecule has 6 N–H and O–H groups in total. The normalized spacial score (nSPS) is 15.0. The topological polar surface area (TPSA) is 111 Å². The van der Waals surface area contributed by atoms with Gasteiger partial charge in [-0.2, -0.15) is 0 Å². The summed E-state index contributed by atoms with van der Waals surface area (Å²) in [5.41, 5.74) is 11.2. The van der Waals surface area contributed by atoms with Gasteiger partial charge in [0.1, 0.15) is 0 Å². The molecule has 2 unspecified atom stereocenters. The van der Waals surface area contributed by atoms with Crippen molar-refractivity contribution < 1.29 is 20.3 Å². The van der Waals surface area contributed by atoms with Crippen LogP contribution in [0.15, 0.2) is 0 Å². The van der Waals surface area contributed by atoms with Crippen molar-refractivity contribution in [1.82, 2.24) is 0 Å². The molecule has 0 radical (unpaired) electrons. The van der Waals surface area contributed by atoms with Crippen molar-refractivity contribution in [3.05, 3.63) is 0 Å². The Hall–Kier alpha value is 0.460. The second-order valence-electron chi connectivity index (χ2n) is 3.33. The molecule has 0 saturated heterocycles. The molecule has 0 amide bonds. The average Bonchev–Trinajstić information content (AvgIpc) is 2.24. The van der Waals surface area contributed by atoms with Gasteiger partial charge in [0.15, 0.2) is 0 Å². The van der Waals surface area contributed by atoms with E-state index in [4.69, 9.17) is 22.0 Å². The molecule has 0 aromatic rings. The molecule has 0 aromatic heterocycles. The van der Waals surface area contributed by atoms with Crippen LogP contribution in [0.25, 0.3) is 0 Å². The summed E-state index contributed by atoms with van der Waals surface area (Å²) < 4.78 is 0. The summed E-state index contributed by atoms with van der Waals surface area (Å²) in [6.07, 6.45) is 1.59. The van der Waals surface area contributed by atoms with E-state index in [0.717, 1.165) is 24.3 Å². The molecule has 0 aliphatic heterocycles. The Kier molecular flexibility index (Phi) is 12.3. The Labute approximate surface area is 103 Å². The largest absolute Gasteiger partial charge is 0.326 e. The Morgan fingerprint density at radius 1 is 0.875 bits per heavy atom. The number of hydrogen-bond donors (Lipinski definition) is 4. The monoisotopic (exact) mass is 272 g/mol. The third-order valence-corrected chi connectivity index (χ3v) is 4.28. The van der Waals surface area contributed by atoms with Crippen LogP contribution in [0.5, 0.6) is 0 Å². The van der Waals surface area contributed by atoms with E-state index in [1.54, 1.807) is 21.6 Å². The van der Waals surface area contributed by atoms with Crippen LogP contribution in [0.1, 0.15) is 12.8 Å². The van der Waals surface area contributed by atoms with Crippen molar-refractivity contribution in [2.24, 2.45) is 11.5 Å². The van der Waals surface area contributed by atoms with Gasteiger partial charge in [0.2, 0.25) is 0 Å². The molecule has 0 aromatic carbocycles. The van der Waals surface area contributed by atoms with Crippen LogP contribution < -0.4 is 11.5 Å². The lowest BCUT2D eigenvalue weighted by molar-refractivity contribution is -0.245. The highest BCUT2D eigenvalue weighted by molar-refractivity contribution is 8.76. The molecule has 6 nitrogen and oxygen atoms in total. The van der Waals surface area contributed by atoms with E-state index in [9.17, 15) is 0 Å². The number of nitrogens with two attached hydrogens (primary N) is 2. The lowest BCUT2D eigenvalue weighted by Gasteiger charge is -2.09. The third kappa shape index (κ3) is 11.0. The Morgan fingerprint density at radius 3 is 1.56 bits per heavy atom. The molecule has 0 saturated carbocycles. The smallest absolute Gasteiger partial charge is 0.0970 e. The van der Waals surface area contributed by atoms with Gasteiger partial charge >= 0.3 is 0 Å². The SMILES string of the molecule is NC(CCSSCCC(N)COO)COO. The second kappa shape index (κ2) is 11.9. The van der Waals surface area contributed by atoms with E-state index in [-0.39, 0.29) is 25.3 Å². The third-order valence-electron chi connectivity index (χ3n) is 1.80. The molecule has 16 heavy (non-hydrogen) atoms. The summed E-state index contributed by atoms with van der Waals surface area (Å²) in [7, 11) is 3.42. The molecule has 0 aliphatic carbocycles. The Morgan fingerprint density at radius 2 is 1.25 bits per heavy atom. The van der Waals surface area contributed by atoms with Crippen LogP contribution in [-0.4, -0.2) is 47.3 Å². The summed E-state index contributed by atoms with van der Waals surface area (Å²) in [4.78, 5) is 7.89. The molecule has 8 heteroatoms. The Balaban J connectivity index is 3.15. The summed E-state index contributed by atoms with van der Waals surface area (Å²) in [5.74, 6) is 1.81. The van der Waals surface area contributed by atoms with Crippen LogP contribution >= 0.6 is 21.6 Å².